The van der Waals surface area contributed by atoms with Crippen molar-refractivity contribution in [3.63, 3.8) is 0 Å². The molecular weight excluding hydrogens is 194 g/mol. The van der Waals surface area contributed by atoms with Crippen molar-refractivity contribution in [3.8, 4) is 0 Å². The summed E-state index contributed by atoms with van der Waals surface area (Å²) in [4.78, 5) is 30.0. The standard InChI is InChI=1S/C3H3NO7S/c5-1(2(6)7)4-3(8)12(9,10)11/h(H,6,7)(H,4,5,8)(H,9,10,11). The summed E-state index contributed by atoms with van der Waals surface area (Å²) in [6.45, 7) is 0. The van der Waals surface area contributed by atoms with Gasteiger partial charge in [0.1, 0.15) is 0 Å². The molecule has 0 rings (SSSR count). The minimum absolute atomic E-state index is 0.904. The number of carbonyl (C=O) groups excluding carboxylic acids is 2. The van der Waals surface area contributed by atoms with Crippen LogP contribution in [0.3, 0.4) is 0 Å². The fourth-order valence-corrected chi connectivity index (χ4v) is 0.432. The fourth-order valence-electron chi connectivity index (χ4n) is 0.211. The molecule has 0 spiro atoms. The second-order valence-corrected chi connectivity index (χ2v) is 2.84. The van der Waals surface area contributed by atoms with Gasteiger partial charge in [0.25, 0.3) is 0 Å². The molecule has 0 aromatic heterocycles. The maximum absolute atomic E-state index is 10.1. The van der Waals surface area contributed by atoms with E-state index in [4.69, 9.17) is 9.66 Å². The second kappa shape index (κ2) is 3.28. The number of nitrogens with one attached hydrogen (secondary N) is 1. The number of rotatable bonds is 0. The lowest BCUT2D eigenvalue weighted by Crippen LogP contribution is -2.38. The van der Waals surface area contributed by atoms with Crippen LogP contribution in [0.15, 0.2) is 0 Å². The number of carbonyl (C=O) groups is 3. The number of hydrogen-bond donors (Lipinski definition) is 3. The van der Waals surface area contributed by atoms with Gasteiger partial charge < -0.3 is 5.11 Å². The molecule has 0 bridgehead atoms. The van der Waals surface area contributed by atoms with Crippen LogP contribution in [0.1, 0.15) is 0 Å². The van der Waals surface area contributed by atoms with Gasteiger partial charge in [0.05, 0.1) is 0 Å². The number of carboxylic acid groups (broad SMARTS) is 1. The predicted octanol–water partition coefficient (Wildman–Crippen LogP) is -1.80. The minimum Gasteiger partial charge on any atom is -0.474 e. The van der Waals surface area contributed by atoms with Crippen molar-refractivity contribution >= 4 is 27.2 Å². The SMILES string of the molecule is O=C(O)C(=O)NC(=O)S(=O)(=O)O. The van der Waals surface area contributed by atoms with Crippen molar-refractivity contribution in [1.29, 1.82) is 0 Å². The molecule has 2 amide bonds. The molecule has 12 heavy (non-hydrogen) atoms. The zero-order valence-electron chi connectivity index (χ0n) is 5.34. The maximum atomic E-state index is 10.1. The monoisotopic (exact) mass is 197 g/mol. The van der Waals surface area contributed by atoms with Gasteiger partial charge >= 0.3 is 27.2 Å². The van der Waals surface area contributed by atoms with Gasteiger partial charge in [-0.1, -0.05) is 0 Å². The van der Waals surface area contributed by atoms with Crippen molar-refractivity contribution in [2.75, 3.05) is 0 Å². The quantitative estimate of drug-likeness (QED) is 0.307. The van der Waals surface area contributed by atoms with Gasteiger partial charge in [-0.3, -0.25) is 19.5 Å². The lowest BCUT2D eigenvalue weighted by Gasteiger charge is -1.95. The zero-order valence-corrected chi connectivity index (χ0v) is 6.16. The van der Waals surface area contributed by atoms with E-state index in [1.165, 1.54) is 0 Å². The average molecular weight is 197 g/mol. The number of carboxylic acids is 1. The molecule has 0 aliphatic heterocycles. The van der Waals surface area contributed by atoms with Crippen molar-refractivity contribution in [2.45, 2.75) is 0 Å². The molecule has 0 aromatic rings. The van der Waals surface area contributed by atoms with Gasteiger partial charge in [-0.2, -0.15) is 8.42 Å². The predicted molar refractivity (Wildman–Crippen MR) is 32.7 cm³/mol. The Morgan fingerprint density at radius 2 is 1.58 bits per heavy atom. The largest absolute Gasteiger partial charge is 0.474 e. The van der Waals surface area contributed by atoms with E-state index in [1.54, 1.807) is 0 Å². The van der Waals surface area contributed by atoms with E-state index in [0.29, 0.717) is 0 Å². The highest BCUT2D eigenvalue weighted by molar-refractivity contribution is 8.01. The molecule has 0 saturated carbocycles. The summed E-state index contributed by atoms with van der Waals surface area (Å²) in [6, 6.07) is 0. The number of hydrogen-bond acceptors (Lipinski definition) is 5. The van der Waals surface area contributed by atoms with E-state index >= 15 is 0 Å². The van der Waals surface area contributed by atoms with E-state index in [9.17, 15) is 22.8 Å². The summed E-state index contributed by atoms with van der Waals surface area (Å²) in [5, 5.41) is 6.69. The van der Waals surface area contributed by atoms with Crippen molar-refractivity contribution in [2.24, 2.45) is 0 Å². The first-order valence-corrected chi connectivity index (χ1v) is 3.75. The average Bonchev–Trinajstić information content (AvgIpc) is 1.85. The first-order chi connectivity index (χ1) is 5.25. The van der Waals surface area contributed by atoms with Gasteiger partial charge in [0, 0.05) is 0 Å². The Labute approximate surface area is 65.9 Å². The van der Waals surface area contributed by atoms with Crippen LogP contribution in [0, 0.1) is 0 Å². The Balaban J connectivity index is 4.42. The summed E-state index contributed by atoms with van der Waals surface area (Å²) in [6.07, 6.45) is 0. The number of aliphatic carboxylic acids is 1. The van der Waals surface area contributed by atoms with Crippen LogP contribution in [-0.4, -0.2) is 35.2 Å². The molecule has 0 aromatic carbocycles. The molecule has 3 N–H and O–H groups in total. The first kappa shape index (κ1) is 10.5. The summed E-state index contributed by atoms with van der Waals surface area (Å²) in [7, 11) is -5.07. The van der Waals surface area contributed by atoms with Gasteiger partial charge in [0.15, 0.2) is 0 Å². The van der Waals surface area contributed by atoms with E-state index < -0.39 is 27.2 Å². The summed E-state index contributed by atoms with van der Waals surface area (Å²) < 4.78 is 27.7. The van der Waals surface area contributed by atoms with E-state index in [-0.39, 0.29) is 0 Å². The number of imide groups is 1. The number of amides is 2. The Bertz CT molecular complexity index is 327. The minimum atomic E-state index is -5.07. The first-order valence-electron chi connectivity index (χ1n) is 2.31. The summed E-state index contributed by atoms with van der Waals surface area (Å²) >= 11 is 0. The molecule has 0 unspecified atom stereocenters. The van der Waals surface area contributed by atoms with Gasteiger partial charge in [-0.15, -0.1) is 0 Å². The topological polar surface area (TPSA) is 138 Å². The molecule has 0 heterocycles. The van der Waals surface area contributed by atoms with Crippen LogP contribution < -0.4 is 5.32 Å². The molecule has 9 heteroatoms. The highest BCUT2D eigenvalue weighted by Gasteiger charge is 2.23. The summed E-state index contributed by atoms with van der Waals surface area (Å²) in [5.74, 6) is -3.87. The fraction of sp³-hybridized carbons (Fsp3) is 0. The second-order valence-electron chi connectivity index (χ2n) is 1.52. The van der Waals surface area contributed by atoms with Gasteiger partial charge in [-0.05, 0) is 0 Å². The Morgan fingerprint density at radius 3 is 1.83 bits per heavy atom. The highest BCUT2D eigenvalue weighted by atomic mass is 32.2. The van der Waals surface area contributed by atoms with E-state index in [2.05, 4.69) is 0 Å². The van der Waals surface area contributed by atoms with Crippen LogP contribution in [0.5, 0.6) is 0 Å². The smallest absolute Gasteiger partial charge is 0.394 e. The molecule has 0 saturated heterocycles. The Hall–Kier alpha value is -1.48. The zero-order chi connectivity index (χ0) is 9.94. The highest BCUT2D eigenvalue weighted by Crippen LogP contribution is 1.83. The van der Waals surface area contributed by atoms with Crippen LogP contribution >= 0.6 is 0 Å². The molecular formula is C3H3NO7S. The molecule has 68 valence electrons. The van der Waals surface area contributed by atoms with Crippen LogP contribution in [0.2, 0.25) is 0 Å². The molecule has 0 aliphatic carbocycles. The third-order valence-corrected chi connectivity index (χ3v) is 1.21. The lowest BCUT2D eigenvalue weighted by atomic mass is 10.6. The van der Waals surface area contributed by atoms with Crippen LogP contribution in [0.25, 0.3) is 0 Å². The van der Waals surface area contributed by atoms with E-state index in [0.717, 1.165) is 5.32 Å². The Morgan fingerprint density at radius 1 is 1.17 bits per heavy atom. The van der Waals surface area contributed by atoms with Crippen molar-refractivity contribution in [3.05, 3.63) is 0 Å². The van der Waals surface area contributed by atoms with Crippen molar-refractivity contribution < 1.29 is 32.5 Å². The van der Waals surface area contributed by atoms with Gasteiger partial charge in [-0.25, -0.2) is 4.79 Å². The van der Waals surface area contributed by atoms with Crippen molar-refractivity contribution in [1.82, 2.24) is 5.32 Å². The van der Waals surface area contributed by atoms with Crippen LogP contribution in [-0.2, 0) is 19.7 Å². The third kappa shape index (κ3) is 3.07. The lowest BCUT2D eigenvalue weighted by molar-refractivity contribution is -0.149. The normalized spacial score (nSPS) is 10.4. The molecule has 0 fully saturated rings. The van der Waals surface area contributed by atoms with Crippen LogP contribution in [0.4, 0.5) is 4.79 Å². The molecule has 0 aliphatic rings. The van der Waals surface area contributed by atoms with Gasteiger partial charge in [0.2, 0.25) is 0 Å². The Kier molecular flexibility index (Phi) is 2.87. The summed E-state index contributed by atoms with van der Waals surface area (Å²) in [5.41, 5.74) is 0. The third-order valence-electron chi connectivity index (χ3n) is 0.644. The maximum Gasteiger partial charge on any atom is 0.394 e. The van der Waals surface area contributed by atoms with E-state index in [1.807, 2.05) is 0 Å². The molecule has 0 radical (unpaired) electrons. The molecule has 8 nitrogen and oxygen atoms in total. The molecule has 0 atom stereocenters.